The second kappa shape index (κ2) is 5.65. The quantitative estimate of drug-likeness (QED) is 0.672. The third-order valence-corrected chi connectivity index (χ3v) is 4.31. The Bertz CT molecular complexity index is 864. The van der Waals surface area contributed by atoms with Gasteiger partial charge in [-0.15, -0.1) is 0 Å². The lowest BCUT2D eigenvalue weighted by molar-refractivity contribution is 1.05. The van der Waals surface area contributed by atoms with Crippen LogP contribution in [0.1, 0.15) is 0 Å². The summed E-state index contributed by atoms with van der Waals surface area (Å²) in [4.78, 5) is 6.62. The third-order valence-electron chi connectivity index (χ3n) is 4.31. The zero-order valence-electron chi connectivity index (χ0n) is 14.9. The monoisotopic (exact) mass is 307 g/mol. The first-order valence-electron chi connectivity index (χ1n) is 7.91. The predicted octanol–water partition coefficient (Wildman–Crippen LogP) is 4.19. The predicted molar refractivity (Wildman–Crippen MR) is 104 cm³/mol. The highest BCUT2D eigenvalue weighted by atomic mass is 15.2. The Morgan fingerprint density at radius 3 is 1.65 bits per heavy atom. The van der Waals surface area contributed by atoms with Crippen LogP contribution < -0.4 is 14.7 Å². The SMILES string of the molecule is CN(C)c1cc2cc3ccccc3cc2c(N(C)C)c1N(C)C. The van der Waals surface area contributed by atoms with E-state index in [1.165, 1.54) is 38.6 Å². The summed E-state index contributed by atoms with van der Waals surface area (Å²) in [5.41, 5.74) is 3.76. The highest BCUT2D eigenvalue weighted by Gasteiger charge is 2.18. The van der Waals surface area contributed by atoms with Gasteiger partial charge in [-0.1, -0.05) is 24.3 Å². The zero-order valence-corrected chi connectivity index (χ0v) is 14.9. The maximum atomic E-state index is 2.31. The minimum atomic E-state index is 1.24. The van der Waals surface area contributed by atoms with Gasteiger partial charge < -0.3 is 14.7 Å². The highest BCUT2D eigenvalue weighted by Crippen LogP contribution is 2.43. The highest BCUT2D eigenvalue weighted by molar-refractivity contribution is 6.11. The van der Waals surface area contributed by atoms with Gasteiger partial charge in [0, 0.05) is 47.7 Å². The lowest BCUT2D eigenvalue weighted by Gasteiger charge is -2.30. The van der Waals surface area contributed by atoms with Crippen molar-refractivity contribution in [2.24, 2.45) is 0 Å². The van der Waals surface area contributed by atoms with Crippen molar-refractivity contribution in [3.05, 3.63) is 42.5 Å². The Kier molecular flexibility index (Phi) is 3.80. The molecule has 23 heavy (non-hydrogen) atoms. The molecule has 3 heteroatoms. The molecule has 3 aromatic carbocycles. The van der Waals surface area contributed by atoms with Crippen molar-refractivity contribution in [1.82, 2.24) is 0 Å². The third kappa shape index (κ3) is 2.56. The molecule has 0 N–H and O–H groups in total. The van der Waals surface area contributed by atoms with Crippen LogP contribution in [0, 0.1) is 0 Å². The summed E-state index contributed by atoms with van der Waals surface area (Å²) in [7, 11) is 12.7. The number of hydrogen-bond donors (Lipinski definition) is 0. The summed E-state index contributed by atoms with van der Waals surface area (Å²) in [5.74, 6) is 0. The van der Waals surface area contributed by atoms with Crippen LogP contribution in [0.3, 0.4) is 0 Å². The van der Waals surface area contributed by atoms with E-state index in [-0.39, 0.29) is 0 Å². The van der Waals surface area contributed by atoms with Crippen LogP contribution in [0.5, 0.6) is 0 Å². The van der Waals surface area contributed by atoms with Crippen LogP contribution >= 0.6 is 0 Å². The van der Waals surface area contributed by atoms with Crippen LogP contribution in [-0.4, -0.2) is 42.3 Å². The van der Waals surface area contributed by atoms with E-state index in [1.807, 2.05) is 0 Å². The van der Waals surface area contributed by atoms with Gasteiger partial charge in [0.15, 0.2) is 0 Å². The van der Waals surface area contributed by atoms with Crippen LogP contribution in [-0.2, 0) is 0 Å². The molecular formula is C20H25N3. The first-order valence-corrected chi connectivity index (χ1v) is 7.91. The van der Waals surface area contributed by atoms with Gasteiger partial charge in [0.05, 0.1) is 17.1 Å². The summed E-state index contributed by atoms with van der Waals surface area (Å²) in [5, 5.41) is 5.14. The summed E-state index contributed by atoms with van der Waals surface area (Å²) in [6, 6.07) is 15.5. The van der Waals surface area contributed by atoms with E-state index in [0.717, 1.165) is 0 Å². The number of fused-ring (bicyclic) bond motifs is 2. The molecule has 0 fully saturated rings. The summed E-state index contributed by atoms with van der Waals surface area (Å²) in [6.45, 7) is 0. The molecule has 0 atom stereocenters. The molecule has 3 rings (SSSR count). The topological polar surface area (TPSA) is 9.72 Å². The number of nitrogens with zero attached hydrogens (tertiary/aromatic N) is 3. The molecule has 0 saturated heterocycles. The van der Waals surface area contributed by atoms with Gasteiger partial charge in [-0.3, -0.25) is 0 Å². The standard InChI is InChI=1S/C20H25N3/c1-21(2)18-13-16-11-14-9-7-8-10-15(14)12-17(16)19(22(3)4)20(18)23(5)6/h7-13H,1-6H3. The first kappa shape index (κ1) is 15.5. The average Bonchev–Trinajstić information content (AvgIpc) is 2.50. The maximum Gasteiger partial charge on any atom is 0.0842 e. The summed E-state index contributed by atoms with van der Waals surface area (Å²) in [6.07, 6.45) is 0. The van der Waals surface area contributed by atoms with E-state index in [4.69, 9.17) is 0 Å². The van der Waals surface area contributed by atoms with E-state index < -0.39 is 0 Å². The minimum absolute atomic E-state index is 1.24. The smallest absolute Gasteiger partial charge is 0.0842 e. The molecule has 0 heterocycles. The molecule has 0 spiro atoms. The van der Waals surface area contributed by atoms with Crippen molar-refractivity contribution in [3.63, 3.8) is 0 Å². The Labute approximate surface area is 138 Å². The first-order chi connectivity index (χ1) is 10.9. The molecule has 0 saturated carbocycles. The van der Waals surface area contributed by atoms with E-state index in [1.54, 1.807) is 0 Å². The van der Waals surface area contributed by atoms with Gasteiger partial charge in [0.2, 0.25) is 0 Å². The minimum Gasteiger partial charge on any atom is -0.376 e. The van der Waals surface area contributed by atoms with Gasteiger partial charge in [-0.05, 0) is 34.4 Å². The molecule has 3 aromatic rings. The van der Waals surface area contributed by atoms with Crippen molar-refractivity contribution in [1.29, 1.82) is 0 Å². The maximum absolute atomic E-state index is 2.31. The summed E-state index contributed by atoms with van der Waals surface area (Å²) < 4.78 is 0. The second-order valence-corrected chi connectivity index (χ2v) is 6.70. The van der Waals surface area contributed by atoms with Gasteiger partial charge in [0.1, 0.15) is 0 Å². The molecule has 120 valence electrons. The molecule has 0 aliphatic heterocycles. The molecule has 0 bridgehead atoms. The number of benzene rings is 3. The molecule has 0 amide bonds. The Balaban J connectivity index is 2.50. The Morgan fingerprint density at radius 2 is 1.13 bits per heavy atom. The molecule has 0 aliphatic rings. The van der Waals surface area contributed by atoms with Gasteiger partial charge in [0.25, 0.3) is 0 Å². The lowest BCUT2D eigenvalue weighted by Crippen LogP contribution is -2.21. The fraction of sp³-hybridized carbons (Fsp3) is 0.300. The fourth-order valence-corrected chi connectivity index (χ4v) is 3.28. The Hall–Kier alpha value is -2.42. The normalized spacial score (nSPS) is 11.0. The Morgan fingerprint density at radius 1 is 0.565 bits per heavy atom. The largest absolute Gasteiger partial charge is 0.376 e. The number of hydrogen-bond acceptors (Lipinski definition) is 3. The van der Waals surface area contributed by atoms with Crippen molar-refractivity contribution in [2.75, 3.05) is 57.0 Å². The van der Waals surface area contributed by atoms with Crippen molar-refractivity contribution in [3.8, 4) is 0 Å². The number of rotatable bonds is 3. The van der Waals surface area contributed by atoms with Crippen LogP contribution in [0.25, 0.3) is 21.5 Å². The van der Waals surface area contributed by atoms with E-state index in [0.29, 0.717) is 0 Å². The van der Waals surface area contributed by atoms with Crippen molar-refractivity contribution in [2.45, 2.75) is 0 Å². The van der Waals surface area contributed by atoms with E-state index in [2.05, 4.69) is 99.5 Å². The summed E-state index contributed by atoms with van der Waals surface area (Å²) >= 11 is 0. The van der Waals surface area contributed by atoms with Gasteiger partial charge >= 0.3 is 0 Å². The number of anilines is 3. The molecule has 0 aliphatic carbocycles. The van der Waals surface area contributed by atoms with Crippen LogP contribution in [0.4, 0.5) is 17.1 Å². The molecule has 0 unspecified atom stereocenters. The van der Waals surface area contributed by atoms with Gasteiger partial charge in [-0.2, -0.15) is 0 Å². The zero-order chi connectivity index (χ0) is 16.7. The second-order valence-electron chi connectivity index (χ2n) is 6.70. The van der Waals surface area contributed by atoms with E-state index >= 15 is 0 Å². The molecular weight excluding hydrogens is 282 g/mol. The van der Waals surface area contributed by atoms with Crippen LogP contribution in [0.15, 0.2) is 42.5 Å². The molecule has 0 aromatic heterocycles. The lowest BCUT2D eigenvalue weighted by atomic mass is 9.99. The average molecular weight is 307 g/mol. The van der Waals surface area contributed by atoms with Gasteiger partial charge in [-0.25, -0.2) is 0 Å². The van der Waals surface area contributed by atoms with Crippen LogP contribution in [0.2, 0.25) is 0 Å². The van der Waals surface area contributed by atoms with E-state index in [9.17, 15) is 0 Å². The van der Waals surface area contributed by atoms with Crippen molar-refractivity contribution < 1.29 is 0 Å². The molecule has 0 radical (unpaired) electrons. The van der Waals surface area contributed by atoms with Crippen molar-refractivity contribution >= 4 is 38.6 Å². The fourth-order valence-electron chi connectivity index (χ4n) is 3.28. The molecule has 3 nitrogen and oxygen atoms in total.